The van der Waals surface area contributed by atoms with Crippen molar-refractivity contribution in [1.29, 1.82) is 0 Å². The summed E-state index contributed by atoms with van der Waals surface area (Å²) >= 11 is 6.87. The lowest BCUT2D eigenvalue weighted by Gasteiger charge is -2.41. The van der Waals surface area contributed by atoms with Gasteiger partial charge in [-0.05, 0) is 60.8 Å². The van der Waals surface area contributed by atoms with E-state index in [-0.39, 0.29) is 16.8 Å². The minimum atomic E-state index is -3.30. The Bertz CT molecular complexity index is 293. The van der Waals surface area contributed by atoms with Gasteiger partial charge in [-0.3, -0.25) is 0 Å². The van der Waals surface area contributed by atoms with Crippen LogP contribution in [0.3, 0.4) is 0 Å². The molecule has 0 rings (SSSR count). The molecule has 0 aromatic rings. The van der Waals surface area contributed by atoms with Gasteiger partial charge < -0.3 is 13.3 Å². The summed E-state index contributed by atoms with van der Waals surface area (Å²) in [4.78, 5) is 0. The summed E-state index contributed by atoms with van der Waals surface area (Å²) in [6, 6.07) is 0. The monoisotopic (exact) mass is 366 g/mol. The lowest BCUT2D eigenvalue weighted by molar-refractivity contribution is -0.0791. The van der Waals surface area contributed by atoms with Crippen molar-refractivity contribution in [1.82, 2.24) is 0 Å². The zero-order chi connectivity index (χ0) is 18.4. The molecular formula is C18H39ClO3Si. The molecule has 0 N–H and O–H groups in total. The summed E-state index contributed by atoms with van der Waals surface area (Å²) in [5.74, 6) is 0. The van der Waals surface area contributed by atoms with Gasteiger partial charge in [-0.2, -0.15) is 0 Å². The van der Waals surface area contributed by atoms with E-state index in [1.54, 1.807) is 0 Å². The lowest BCUT2D eigenvalue weighted by Crippen LogP contribution is -2.55. The molecule has 0 aliphatic carbocycles. The van der Waals surface area contributed by atoms with Crippen molar-refractivity contribution in [3.63, 3.8) is 0 Å². The third kappa shape index (κ3) is 10.1. The molecular weight excluding hydrogens is 328 g/mol. The Kier molecular flexibility index (Phi) is 9.34. The van der Waals surface area contributed by atoms with Gasteiger partial charge in [0.25, 0.3) is 0 Å². The van der Waals surface area contributed by atoms with Crippen molar-refractivity contribution >= 4 is 19.2 Å². The first-order chi connectivity index (χ1) is 10.3. The van der Waals surface area contributed by atoms with Crippen LogP contribution in [0.4, 0.5) is 0 Å². The van der Waals surface area contributed by atoms with E-state index in [2.05, 4.69) is 62.3 Å². The molecule has 0 radical (unpaired) electrons. The van der Waals surface area contributed by atoms with Crippen molar-refractivity contribution < 1.29 is 13.3 Å². The highest BCUT2D eigenvalue weighted by Crippen LogP contribution is 2.35. The first-order valence-corrected chi connectivity index (χ1v) is 11.8. The van der Waals surface area contributed by atoms with E-state index in [4.69, 9.17) is 24.4 Å². The summed E-state index contributed by atoms with van der Waals surface area (Å²) in [7, 11) is -3.30. The Labute approximate surface area is 150 Å². The number of rotatable bonds is 12. The molecule has 0 bridgehead atoms. The molecule has 5 heteroatoms. The van der Waals surface area contributed by atoms with Gasteiger partial charge in [0, 0.05) is 0 Å². The van der Waals surface area contributed by atoms with Crippen molar-refractivity contribution in [3.05, 3.63) is 0 Å². The molecule has 0 saturated carbocycles. The Morgan fingerprint density at radius 2 is 0.826 bits per heavy atom. The molecule has 0 amide bonds. The Morgan fingerprint density at radius 3 is 1.00 bits per heavy atom. The van der Waals surface area contributed by atoms with Gasteiger partial charge in [0.2, 0.25) is 0 Å². The molecule has 0 heterocycles. The molecule has 0 spiro atoms. The second-order valence-corrected chi connectivity index (χ2v) is 11.3. The van der Waals surface area contributed by atoms with Gasteiger partial charge in [0.15, 0.2) is 0 Å². The summed E-state index contributed by atoms with van der Waals surface area (Å²) in [6.07, 6.45) is 5.86. The van der Waals surface area contributed by atoms with Crippen LogP contribution in [0.15, 0.2) is 0 Å². The maximum Gasteiger partial charge on any atom is 0.614 e. The first kappa shape index (κ1) is 23.4. The Morgan fingerprint density at radius 1 is 0.609 bits per heavy atom. The van der Waals surface area contributed by atoms with E-state index >= 15 is 0 Å². The van der Waals surface area contributed by atoms with Gasteiger partial charge in [-0.25, -0.2) is 0 Å². The zero-order valence-electron chi connectivity index (χ0n) is 16.8. The topological polar surface area (TPSA) is 27.7 Å². The van der Waals surface area contributed by atoms with Gasteiger partial charge in [-0.1, -0.05) is 51.1 Å². The quantitative estimate of drug-likeness (QED) is 0.293. The summed E-state index contributed by atoms with van der Waals surface area (Å²) in [5, 5.41) is 0. The van der Waals surface area contributed by atoms with Gasteiger partial charge >= 0.3 is 8.11 Å². The normalized spacial score (nSPS) is 14.3. The van der Waals surface area contributed by atoms with Gasteiger partial charge in [-0.15, -0.1) is 0 Å². The SMILES string of the molecule is CCCC(C)(C)O[Si](Cl)(OC(C)(C)CCC)OC(C)(C)CCC. The Balaban J connectivity index is 5.34. The average Bonchev–Trinajstić information content (AvgIpc) is 2.23. The van der Waals surface area contributed by atoms with Crippen LogP contribution in [0.5, 0.6) is 0 Å². The van der Waals surface area contributed by atoms with Crippen LogP contribution < -0.4 is 0 Å². The molecule has 3 nitrogen and oxygen atoms in total. The minimum absolute atomic E-state index is 0.354. The fraction of sp³-hybridized carbons (Fsp3) is 1.00. The summed E-state index contributed by atoms with van der Waals surface area (Å²) in [5.41, 5.74) is -1.06. The third-order valence-corrected chi connectivity index (χ3v) is 6.83. The van der Waals surface area contributed by atoms with Gasteiger partial charge in [0.05, 0.1) is 16.8 Å². The molecule has 0 aliphatic rings. The maximum absolute atomic E-state index is 6.87. The van der Waals surface area contributed by atoms with Crippen molar-refractivity contribution in [3.8, 4) is 0 Å². The van der Waals surface area contributed by atoms with Crippen LogP contribution in [0.1, 0.15) is 101 Å². The van der Waals surface area contributed by atoms with E-state index in [0.29, 0.717) is 0 Å². The lowest BCUT2D eigenvalue weighted by atomic mass is 10.0. The smallest absolute Gasteiger partial charge is 0.356 e. The van der Waals surface area contributed by atoms with Crippen molar-refractivity contribution in [2.45, 2.75) is 118 Å². The van der Waals surface area contributed by atoms with E-state index in [0.717, 1.165) is 38.5 Å². The van der Waals surface area contributed by atoms with Crippen LogP contribution in [0, 0.1) is 0 Å². The largest absolute Gasteiger partial charge is 0.614 e. The Hall–Kier alpha value is 0.387. The fourth-order valence-electron chi connectivity index (χ4n) is 3.01. The zero-order valence-corrected chi connectivity index (χ0v) is 18.6. The van der Waals surface area contributed by atoms with Gasteiger partial charge in [0.1, 0.15) is 0 Å². The van der Waals surface area contributed by atoms with E-state index in [1.165, 1.54) is 0 Å². The predicted octanol–water partition coefficient (Wildman–Crippen LogP) is 6.45. The molecule has 0 aromatic carbocycles. The number of hydrogen-bond donors (Lipinski definition) is 0. The minimum Gasteiger partial charge on any atom is -0.356 e. The van der Waals surface area contributed by atoms with Crippen LogP contribution in [-0.2, 0) is 13.3 Å². The molecule has 0 aromatic heterocycles. The van der Waals surface area contributed by atoms with E-state index in [9.17, 15) is 0 Å². The highest BCUT2D eigenvalue weighted by Gasteiger charge is 2.51. The van der Waals surface area contributed by atoms with E-state index < -0.39 is 8.11 Å². The van der Waals surface area contributed by atoms with Crippen LogP contribution in [0.25, 0.3) is 0 Å². The summed E-state index contributed by atoms with van der Waals surface area (Å²) in [6.45, 7) is 18.8. The van der Waals surface area contributed by atoms with Crippen LogP contribution >= 0.6 is 11.1 Å². The molecule has 0 aliphatic heterocycles. The van der Waals surface area contributed by atoms with E-state index in [1.807, 2.05) is 0 Å². The van der Waals surface area contributed by atoms with Crippen molar-refractivity contribution in [2.24, 2.45) is 0 Å². The first-order valence-electron chi connectivity index (χ1n) is 9.10. The average molecular weight is 367 g/mol. The standard InChI is InChI=1S/C18H39ClO3Si/c1-10-13-16(4,5)20-23(19,21-17(6,7)14-11-2)22-18(8,9)15-12-3/h10-15H2,1-9H3. The molecule has 140 valence electrons. The molecule has 0 atom stereocenters. The molecule has 23 heavy (non-hydrogen) atoms. The molecule has 0 fully saturated rings. The fourth-order valence-corrected chi connectivity index (χ4v) is 7.30. The second kappa shape index (κ2) is 9.19. The maximum atomic E-state index is 6.87. The third-order valence-electron chi connectivity index (χ3n) is 3.75. The highest BCUT2D eigenvalue weighted by molar-refractivity contribution is 7.09. The highest BCUT2D eigenvalue weighted by atomic mass is 35.6. The number of halogens is 1. The molecule has 0 saturated heterocycles. The van der Waals surface area contributed by atoms with Crippen LogP contribution in [-0.4, -0.2) is 24.9 Å². The van der Waals surface area contributed by atoms with Crippen molar-refractivity contribution in [2.75, 3.05) is 0 Å². The summed E-state index contributed by atoms with van der Waals surface area (Å²) < 4.78 is 18.9. The second-order valence-electron chi connectivity index (χ2n) is 8.32. The van der Waals surface area contributed by atoms with Crippen LogP contribution in [0.2, 0.25) is 0 Å². The predicted molar refractivity (Wildman–Crippen MR) is 102 cm³/mol. The number of hydrogen-bond acceptors (Lipinski definition) is 3. The molecule has 0 unspecified atom stereocenters.